The van der Waals surface area contributed by atoms with Crippen molar-refractivity contribution in [2.75, 3.05) is 7.05 Å². The van der Waals surface area contributed by atoms with E-state index < -0.39 is 5.41 Å². The van der Waals surface area contributed by atoms with Crippen molar-refractivity contribution in [3.05, 3.63) is 0 Å². The highest BCUT2D eigenvalue weighted by Crippen LogP contribution is 2.65. The van der Waals surface area contributed by atoms with Gasteiger partial charge in [-0.2, -0.15) is 0 Å². The molecule has 0 unspecified atom stereocenters. The average Bonchev–Trinajstić information content (AvgIpc) is 3.11. The molecule has 0 heterocycles. The van der Waals surface area contributed by atoms with Crippen molar-refractivity contribution < 1.29 is 14.4 Å². The third-order valence-electron chi connectivity index (χ3n) is 10.2. The maximum Gasteiger partial charge on any atom is 0.228 e. The Morgan fingerprint density at radius 2 is 1.81 bits per heavy atom. The molecule has 32 heavy (non-hydrogen) atoms. The second-order valence-electron chi connectivity index (χ2n) is 12.4. The molecule has 4 heteroatoms. The standard InChI is InChI=1S/C28H47NO3/c1-19(2)8-7-9-20(3)22-11-12-23-21-10-13-25(31)28(5,17-15-26(32)29(6)18-30)24(21)14-16-27(22,23)4/h18-24H,7-17H2,1-6H3/t20-,21+,22-,23+,24+,27-,28-/m1/s1. The molecule has 3 fully saturated rings. The summed E-state index contributed by atoms with van der Waals surface area (Å²) in [7, 11) is 1.51. The van der Waals surface area contributed by atoms with E-state index in [4.69, 9.17) is 0 Å². The van der Waals surface area contributed by atoms with Crippen LogP contribution < -0.4 is 0 Å². The van der Waals surface area contributed by atoms with E-state index in [0.29, 0.717) is 42.3 Å². The van der Waals surface area contributed by atoms with Gasteiger partial charge in [0.15, 0.2) is 0 Å². The fourth-order valence-corrected chi connectivity index (χ4v) is 8.22. The first-order chi connectivity index (χ1) is 15.0. The molecule has 0 radical (unpaired) electrons. The van der Waals surface area contributed by atoms with Gasteiger partial charge in [0.1, 0.15) is 5.78 Å². The van der Waals surface area contributed by atoms with Crippen molar-refractivity contribution in [2.24, 2.45) is 46.3 Å². The van der Waals surface area contributed by atoms with Crippen LogP contribution in [0.4, 0.5) is 0 Å². The number of ketones is 1. The molecule has 3 aliphatic carbocycles. The fourth-order valence-electron chi connectivity index (χ4n) is 8.22. The summed E-state index contributed by atoms with van der Waals surface area (Å²) in [6.07, 6.45) is 12.2. The van der Waals surface area contributed by atoms with Gasteiger partial charge >= 0.3 is 0 Å². The van der Waals surface area contributed by atoms with Gasteiger partial charge in [-0.15, -0.1) is 0 Å². The molecule has 0 saturated heterocycles. The highest BCUT2D eigenvalue weighted by Gasteiger charge is 2.59. The van der Waals surface area contributed by atoms with Crippen LogP contribution in [0.25, 0.3) is 0 Å². The molecule has 0 aliphatic heterocycles. The van der Waals surface area contributed by atoms with Crippen LogP contribution >= 0.6 is 0 Å². The van der Waals surface area contributed by atoms with Crippen molar-refractivity contribution in [3.8, 4) is 0 Å². The molecule has 182 valence electrons. The number of fused-ring (bicyclic) bond motifs is 3. The highest BCUT2D eigenvalue weighted by molar-refractivity contribution is 5.88. The van der Waals surface area contributed by atoms with Gasteiger partial charge in [0.2, 0.25) is 12.3 Å². The number of carbonyl (C=O) groups excluding carboxylic acids is 3. The van der Waals surface area contributed by atoms with E-state index in [1.165, 1.54) is 45.6 Å². The normalized spacial score (nSPS) is 37.7. The summed E-state index contributed by atoms with van der Waals surface area (Å²) < 4.78 is 0. The topological polar surface area (TPSA) is 54.5 Å². The molecule has 0 aromatic carbocycles. The summed E-state index contributed by atoms with van der Waals surface area (Å²) in [5, 5.41) is 0. The number of amides is 2. The number of rotatable bonds is 9. The van der Waals surface area contributed by atoms with E-state index in [2.05, 4.69) is 34.6 Å². The van der Waals surface area contributed by atoms with Crippen LogP contribution in [-0.2, 0) is 14.4 Å². The molecule has 2 amide bonds. The van der Waals surface area contributed by atoms with Gasteiger partial charge in [0.25, 0.3) is 0 Å². The molecular formula is C28H47NO3. The molecule has 0 N–H and O–H groups in total. The van der Waals surface area contributed by atoms with Gasteiger partial charge in [-0.25, -0.2) is 0 Å². The first kappa shape index (κ1) is 25.4. The Morgan fingerprint density at radius 3 is 2.47 bits per heavy atom. The summed E-state index contributed by atoms with van der Waals surface area (Å²) in [6.45, 7) is 11.8. The monoisotopic (exact) mass is 445 g/mol. The van der Waals surface area contributed by atoms with Crippen LogP contribution in [0.15, 0.2) is 0 Å². The molecule has 0 spiro atoms. The quantitative estimate of drug-likeness (QED) is 0.393. The Balaban J connectivity index is 1.71. The number of Topliss-reactive ketones (excluding diaryl/α,β-unsaturated/α-hetero) is 1. The van der Waals surface area contributed by atoms with E-state index in [1.807, 2.05) is 0 Å². The zero-order valence-electron chi connectivity index (χ0n) is 21.5. The maximum atomic E-state index is 13.1. The van der Waals surface area contributed by atoms with Gasteiger partial charge in [-0.05, 0) is 79.4 Å². The summed E-state index contributed by atoms with van der Waals surface area (Å²) >= 11 is 0. The van der Waals surface area contributed by atoms with Gasteiger partial charge in [0.05, 0.1) is 0 Å². The van der Waals surface area contributed by atoms with E-state index in [0.717, 1.165) is 41.4 Å². The summed E-state index contributed by atoms with van der Waals surface area (Å²) in [5.41, 5.74) is -0.00212. The minimum atomic E-state index is -0.412. The van der Waals surface area contributed by atoms with Crippen LogP contribution in [0.3, 0.4) is 0 Å². The number of carbonyl (C=O) groups is 3. The molecule has 4 nitrogen and oxygen atoms in total. The zero-order valence-corrected chi connectivity index (χ0v) is 21.5. The number of nitrogens with zero attached hydrogens (tertiary/aromatic N) is 1. The van der Waals surface area contributed by atoms with Crippen molar-refractivity contribution >= 4 is 18.1 Å². The summed E-state index contributed by atoms with van der Waals surface area (Å²) in [5.74, 6) is 4.29. The average molecular weight is 446 g/mol. The van der Waals surface area contributed by atoms with Crippen LogP contribution in [0.2, 0.25) is 0 Å². The molecule has 3 rings (SSSR count). The molecule has 0 aromatic heterocycles. The van der Waals surface area contributed by atoms with Gasteiger partial charge in [-0.1, -0.05) is 53.9 Å². The largest absolute Gasteiger partial charge is 0.299 e. The van der Waals surface area contributed by atoms with E-state index in [9.17, 15) is 14.4 Å². The Morgan fingerprint density at radius 1 is 1.09 bits per heavy atom. The maximum absolute atomic E-state index is 13.1. The predicted octanol–water partition coefficient (Wildman–Crippen LogP) is 6.27. The second kappa shape index (κ2) is 9.97. The number of imide groups is 1. The molecule has 7 atom stereocenters. The Hall–Kier alpha value is -1.19. The first-order valence-electron chi connectivity index (χ1n) is 13.3. The summed E-state index contributed by atoms with van der Waals surface area (Å²) in [4.78, 5) is 37.5. The van der Waals surface area contributed by atoms with Gasteiger partial charge < -0.3 is 0 Å². The lowest BCUT2D eigenvalue weighted by atomic mass is 9.48. The Kier molecular flexibility index (Phi) is 7.93. The SMILES string of the molecule is CC(C)CCC[C@@H](C)[C@H]1CC[C@H]2[C@@H]3CCC(=O)[C@](C)(CCC(=O)N(C)C=O)[C@H]3CC[C@]12C. The van der Waals surface area contributed by atoms with Crippen LogP contribution in [0.1, 0.15) is 105 Å². The smallest absolute Gasteiger partial charge is 0.228 e. The lowest BCUT2D eigenvalue weighted by Crippen LogP contribution is -2.52. The van der Waals surface area contributed by atoms with Gasteiger partial charge in [0, 0.05) is 25.3 Å². The van der Waals surface area contributed by atoms with Gasteiger partial charge in [-0.3, -0.25) is 19.3 Å². The van der Waals surface area contributed by atoms with Crippen LogP contribution in [-0.4, -0.2) is 30.0 Å². The van der Waals surface area contributed by atoms with Crippen LogP contribution in [0.5, 0.6) is 0 Å². The second-order valence-corrected chi connectivity index (χ2v) is 12.4. The molecular weight excluding hydrogens is 398 g/mol. The zero-order chi connectivity index (χ0) is 23.7. The minimum Gasteiger partial charge on any atom is -0.299 e. The molecule has 0 aromatic rings. The van der Waals surface area contributed by atoms with Crippen molar-refractivity contribution in [3.63, 3.8) is 0 Å². The van der Waals surface area contributed by atoms with E-state index in [-0.39, 0.29) is 12.3 Å². The van der Waals surface area contributed by atoms with Crippen LogP contribution in [0, 0.1) is 46.3 Å². The number of hydrogen-bond acceptors (Lipinski definition) is 3. The lowest BCUT2D eigenvalue weighted by Gasteiger charge is -2.56. The molecule has 3 saturated carbocycles. The third-order valence-corrected chi connectivity index (χ3v) is 10.2. The molecule has 0 bridgehead atoms. The van der Waals surface area contributed by atoms with Crippen molar-refractivity contribution in [1.29, 1.82) is 0 Å². The van der Waals surface area contributed by atoms with Crippen molar-refractivity contribution in [1.82, 2.24) is 4.90 Å². The first-order valence-corrected chi connectivity index (χ1v) is 13.3. The Bertz CT molecular complexity index is 703. The lowest BCUT2D eigenvalue weighted by molar-refractivity contribution is -0.148. The highest BCUT2D eigenvalue weighted by atomic mass is 16.2. The molecule has 3 aliphatic rings. The Labute approximate surface area is 196 Å². The fraction of sp³-hybridized carbons (Fsp3) is 0.893. The minimum absolute atomic E-state index is 0.173. The number of hydrogen-bond donors (Lipinski definition) is 0. The van der Waals surface area contributed by atoms with E-state index in [1.54, 1.807) is 0 Å². The predicted molar refractivity (Wildman–Crippen MR) is 129 cm³/mol. The van der Waals surface area contributed by atoms with Crippen molar-refractivity contribution in [2.45, 2.75) is 105 Å². The van der Waals surface area contributed by atoms with E-state index >= 15 is 0 Å². The third kappa shape index (κ3) is 4.71. The summed E-state index contributed by atoms with van der Waals surface area (Å²) in [6, 6.07) is 0.